The van der Waals surface area contributed by atoms with Gasteiger partial charge < -0.3 is 9.84 Å². The first-order chi connectivity index (χ1) is 7.04. The molecule has 1 rings (SSSR count). The summed E-state index contributed by atoms with van der Waals surface area (Å²) in [5, 5.41) is 8.59. The molecular formula is C9H7Br2FO3. The van der Waals surface area contributed by atoms with E-state index in [9.17, 15) is 9.18 Å². The van der Waals surface area contributed by atoms with Crippen LogP contribution in [0.2, 0.25) is 0 Å². The van der Waals surface area contributed by atoms with Crippen molar-refractivity contribution in [2.24, 2.45) is 0 Å². The van der Waals surface area contributed by atoms with Crippen molar-refractivity contribution in [2.75, 3.05) is 6.67 Å². The monoisotopic (exact) mass is 340 g/mol. The highest BCUT2D eigenvalue weighted by atomic mass is 79.9. The number of halogens is 3. The number of aliphatic carboxylic acids is 1. The molecule has 0 amide bonds. The van der Waals surface area contributed by atoms with Crippen molar-refractivity contribution < 1.29 is 19.0 Å². The molecule has 0 heterocycles. The van der Waals surface area contributed by atoms with Gasteiger partial charge in [0.05, 0.1) is 4.47 Å². The molecule has 1 aromatic carbocycles. The molecule has 0 aliphatic rings. The third-order valence-corrected chi connectivity index (χ3v) is 2.69. The van der Waals surface area contributed by atoms with Crippen LogP contribution in [-0.4, -0.2) is 23.9 Å². The quantitative estimate of drug-likeness (QED) is 0.915. The molecule has 3 nitrogen and oxygen atoms in total. The standard InChI is InChI=1S/C9H7Br2FO3/c10-5-1-2-7(6(11)3-5)15-8(4-12)9(13)14/h1-3,8H,4H2,(H,13,14)/t8-/m0/s1. The van der Waals surface area contributed by atoms with Gasteiger partial charge >= 0.3 is 5.97 Å². The van der Waals surface area contributed by atoms with E-state index in [2.05, 4.69) is 31.9 Å². The zero-order valence-corrected chi connectivity index (χ0v) is 10.6. The van der Waals surface area contributed by atoms with E-state index in [1.165, 1.54) is 0 Å². The lowest BCUT2D eigenvalue weighted by atomic mass is 10.3. The fraction of sp³-hybridized carbons (Fsp3) is 0.222. The van der Waals surface area contributed by atoms with E-state index in [-0.39, 0.29) is 0 Å². The topological polar surface area (TPSA) is 46.5 Å². The number of rotatable bonds is 4. The van der Waals surface area contributed by atoms with Crippen LogP contribution in [0.25, 0.3) is 0 Å². The molecule has 0 radical (unpaired) electrons. The van der Waals surface area contributed by atoms with Crippen LogP contribution in [0.3, 0.4) is 0 Å². The molecule has 0 unspecified atom stereocenters. The molecule has 1 atom stereocenters. The van der Waals surface area contributed by atoms with E-state index in [1.54, 1.807) is 18.2 Å². The lowest BCUT2D eigenvalue weighted by Crippen LogP contribution is -2.29. The van der Waals surface area contributed by atoms with E-state index in [1.807, 2.05) is 0 Å². The first-order valence-electron chi connectivity index (χ1n) is 3.95. The molecule has 0 fully saturated rings. The zero-order chi connectivity index (χ0) is 11.4. The van der Waals surface area contributed by atoms with E-state index in [0.29, 0.717) is 10.2 Å². The summed E-state index contributed by atoms with van der Waals surface area (Å²) in [6.45, 7) is -1.07. The van der Waals surface area contributed by atoms with Crippen LogP contribution in [-0.2, 0) is 4.79 Å². The summed E-state index contributed by atoms with van der Waals surface area (Å²) >= 11 is 6.42. The molecule has 0 aromatic heterocycles. The molecule has 0 bridgehead atoms. The number of ether oxygens (including phenoxy) is 1. The van der Waals surface area contributed by atoms with Crippen molar-refractivity contribution >= 4 is 37.8 Å². The minimum Gasteiger partial charge on any atom is -0.478 e. The Balaban J connectivity index is 2.84. The fourth-order valence-corrected chi connectivity index (χ4v) is 2.01. The van der Waals surface area contributed by atoms with E-state index in [4.69, 9.17) is 9.84 Å². The lowest BCUT2D eigenvalue weighted by Gasteiger charge is -2.12. The van der Waals surface area contributed by atoms with E-state index in [0.717, 1.165) is 4.47 Å². The predicted molar refractivity (Wildman–Crippen MR) is 59.9 cm³/mol. The normalized spacial score (nSPS) is 12.2. The maximum Gasteiger partial charge on any atom is 0.347 e. The zero-order valence-electron chi connectivity index (χ0n) is 7.41. The molecule has 0 saturated carbocycles. The van der Waals surface area contributed by atoms with Gasteiger partial charge in [-0.3, -0.25) is 0 Å². The molecular weight excluding hydrogens is 335 g/mol. The maximum absolute atomic E-state index is 12.3. The van der Waals surface area contributed by atoms with Crippen molar-refractivity contribution in [1.29, 1.82) is 0 Å². The maximum atomic E-state index is 12.3. The number of hydrogen-bond donors (Lipinski definition) is 1. The summed E-state index contributed by atoms with van der Waals surface area (Å²) in [6.07, 6.45) is -1.47. The number of carbonyl (C=O) groups is 1. The Labute approximate surface area is 102 Å². The molecule has 1 aromatic rings. The smallest absolute Gasteiger partial charge is 0.347 e. The Morgan fingerprint density at radius 2 is 2.20 bits per heavy atom. The van der Waals surface area contributed by atoms with Crippen LogP contribution in [0.5, 0.6) is 5.75 Å². The van der Waals surface area contributed by atoms with Gasteiger partial charge in [0.15, 0.2) is 0 Å². The Bertz CT molecular complexity index is 370. The van der Waals surface area contributed by atoms with Gasteiger partial charge in [0.2, 0.25) is 6.10 Å². The fourth-order valence-electron chi connectivity index (χ4n) is 0.872. The van der Waals surface area contributed by atoms with Gasteiger partial charge in [0.1, 0.15) is 12.4 Å². The summed E-state index contributed by atoms with van der Waals surface area (Å²) in [6, 6.07) is 4.92. The number of carboxylic acid groups (broad SMARTS) is 1. The Hall–Kier alpha value is -0.620. The van der Waals surface area contributed by atoms with E-state index < -0.39 is 18.7 Å². The van der Waals surface area contributed by atoms with Gasteiger partial charge in [-0.25, -0.2) is 9.18 Å². The number of hydrogen-bond acceptors (Lipinski definition) is 2. The van der Waals surface area contributed by atoms with Crippen molar-refractivity contribution in [1.82, 2.24) is 0 Å². The molecule has 0 aliphatic heterocycles. The van der Waals surface area contributed by atoms with E-state index >= 15 is 0 Å². The van der Waals surface area contributed by atoms with Crippen LogP contribution in [0.15, 0.2) is 27.1 Å². The summed E-state index contributed by atoms with van der Waals surface area (Å²) in [7, 11) is 0. The van der Waals surface area contributed by atoms with Crippen molar-refractivity contribution in [2.45, 2.75) is 6.10 Å². The molecule has 1 N–H and O–H groups in total. The largest absolute Gasteiger partial charge is 0.478 e. The Morgan fingerprint density at radius 3 is 2.67 bits per heavy atom. The number of benzene rings is 1. The highest BCUT2D eigenvalue weighted by molar-refractivity contribution is 9.11. The highest BCUT2D eigenvalue weighted by Crippen LogP contribution is 2.29. The second kappa shape index (κ2) is 5.46. The third-order valence-electron chi connectivity index (χ3n) is 1.58. The molecule has 15 heavy (non-hydrogen) atoms. The van der Waals surface area contributed by atoms with Gasteiger partial charge in [-0.15, -0.1) is 0 Å². The average Bonchev–Trinajstić information content (AvgIpc) is 2.16. The highest BCUT2D eigenvalue weighted by Gasteiger charge is 2.20. The number of carboxylic acids is 1. The van der Waals surface area contributed by atoms with Gasteiger partial charge in [0.25, 0.3) is 0 Å². The molecule has 0 aliphatic carbocycles. The molecule has 6 heteroatoms. The predicted octanol–water partition coefficient (Wildman–Crippen LogP) is 3.01. The second-order valence-electron chi connectivity index (χ2n) is 2.67. The van der Waals surface area contributed by atoms with Crippen molar-refractivity contribution in [3.8, 4) is 5.75 Å². The third kappa shape index (κ3) is 3.46. The van der Waals surface area contributed by atoms with Gasteiger partial charge in [-0.2, -0.15) is 0 Å². The Kier molecular flexibility index (Phi) is 4.53. The first kappa shape index (κ1) is 12.4. The summed E-state index contributed by atoms with van der Waals surface area (Å²) in [5.41, 5.74) is 0. The SMILES string of the molecule is O=C(O)[C@H](CF)Oc1ccc(Br)cc1Br. The van der Waals surface area contributed by atoms with Crippen LogP contribution in [0.4, 0.5) is 4.39 Å². The molecule has 0 spiro atoms. The van der Waals surface area contributed by atoms with Gasteiger partial charge in [-0.1, -0.05) is 15.9 Å². The lowest BCUT2D eigenvalue weighted by molar-refractivity contribution is -0.145. The minimum absolute atomic E-state index is 0.295. The molecule has 0 saturated heterocycles. The Morgan fingerprint density at radius 1 is 1.53 bits per heavy atom. The van der Waals surface area contributed by atoms with Gasteiger partial charge in [0, 0.05) is 4.47 Å². The first-order valence-corrected chi connectivity index (χ1v) is 5.53. The average molecular weight is 342 g/mol. The second-order valence-corrected chi connectivity index (χ2v) is 4.44. The van der Waals surface area contributed by atoms with Crippen LogP contribution in [0.1, 0.15) is 0 Å². The van der Waals surface area contributed by atoms with Gasteiger partial charge in [-0.05, 0) is 34.1 Å². The van der Waals surface area contributed by atoms with Crippen molar-refractivity contribution in [3.05, 3.63) is 27.1 Å². The minimum atomic E-state index is -1.47. The number of alkyl halides is 1. The summed E-state index contributed by atoms with van der Waals surface area (Å²) in [5.74, 6) is -1.03. The summed E-state index contributed by atoms with van der Waals surface area (Å²) in [4.78, 5) is 10.5. The van der Waals surface area contributed by atoms with Crippen molar-refractivity contribution in [3.63, 3.8) is 0 Å². The van der Waals surface area contributed by atoms with Crippen LogP contribution in [0, 0.1) is 0 Å². The molecule has 82 valence electrons. The van der Waals surface area contributed by atoms with Crippen LogP contribution >= 0.6 is 31.9 Å². The summed E-state index contributed by atoms with van der Waals surface area (Å²) < 4.78 is 18.6. The van der Waals surface area contributed by atoms with Crippen LogP contribution < -0.4 is 4.74 Å².